The standard InChI is InChI=1S/C19H23N3O5S/c1-5-21(6-2)28(26,27)18-11-15(9-7-14(18)4)19(23)20-16-10-8-13(3)17(12-16)22(24)25/h7-12H,5-6H2,1-4H3,(H,20,23). The molecular weight excluding hydrogens is 382 g/mol. The van der Waals surface area contributed by atoms with Gasteiger partial charge in [0.1, 0.15) is 0 Å². The van der Waals surface area contributed by atoms with E-state index in [0.717, 1.165) is 0 Å². The first-order chi connectivity index (χ1) is 13.1. The summed E-state index contributed by atoms with van der Waals surface area (Å²) in [7, 11) is -3.72. The summed E-state index contributed by atoms with van der Waals surface area (Å²) in [6.07, 6.45) is 0. The molecule has 9 heteroatoms. The molecule has 0 heterocycles. The van der Waals surface area contributed by atoms with Gasteiger partial charge in [-0.2, -0.15) is 4.31 Å². The van der Waals surface area contributed by atoms with E-state index < -0.39 is 20.9 Å². The molecule has 0 aromatic heterocycles. The van der Waals surface area contributed by atoms with Crippen molar-refractivity contribution in [2.75, 3.05) is 18.4 Å². The maximum absolute atomic E-state index is 12.8. The molecule has 28 heavy (non-hydrogen) atoms. The van der Waals surface area contributed by atoms with Crippen molar-refractivity contribution in [3.05, 3.63) is 63.2 Å². The van der Waals surface area contributed by atoms with Gasteiger partial charge in [0.05, 0.1) is 9.82 Å². The second-order valence-corrected chi connectivity index (χ2v) is 8.19. The average Bonchev–Trinajstić information content (AvgIpc) is 2.64. The molecule has 0 unspecified atom stereocenters. The predicted molar refractivity (Wildman–Crippen MR) is 107 cm³/mol. The van der Waals surface area contributed by atoms with Crippen LogP contribution < -0.4 is 5.32 Å². The lowest BCUT2D eigenvalue weighted by Crippen LogP contribution is -2.31. The fourth-order valence-electron chi connectivity index (χ4n) is 2.81. The summed E-state index contributed by atoms with van der Waals surface area (Å²) in [6.45, 7) is 7.41. The SMILES string of the molecule is CCN(CC)S(=O)(=O)c1cc(C(=O)Nc2ccc(C)c([N+](=O)[O-])c2)ccc1C. The van der Waals surface area contributed by atoms with E-state index >= 15 is 0 Å². The summed E-state index contributed by atoms with van der Waals surface area (Å²) < 4.78 is 27.0. The third-order valence-electron chi connectivity index (χ3n) is 4.44. The van der Waals surface area contributed by atoms with Gasteiger partial charge in [-0.15, -0.1) is 0 Å². The molecule has 2 rings (SSSR count). The molecule has 1 N–H and O–H groups in total. The molecule has 0 bridgehead atoms. The van der Waals surface area contributed by atoms with E-state index in [2.05, 4.69) is 5.32 Å². The number of nitro benzene ring substituents is 1. The Morgan fingerprint density at radius 1 is 1.07 bits per heavy atom. The summed E-state index contributed by atoms with van der Waals surface area (Å²) in [5, 5.41) is 13.6. The van der Waals surface area contributed by atoms with Gasteiger partial charge in [0.25, 0.3) is 11.6 Å². The molecule has 0 saturated heterocycles. The van der Waals surface area contributed by atoms with Crippen molar-refractivity contribution >= 4 is 27.3 Å². The number of nitrogens with zero attached hydrogens (tertiary/aromatic N) is 2. The number of amides is 1. The number of anilines is 1. The van der Waals surface area contributed by atoms with E-state index in [-0.39, 0.29) is 21.8 Å². The topological polar surface area (TPSA) is 110 Å². The van der Waals surface area contributed by atoms with E-state index in [1.165, 1.54) is 22.5 Å². The summed E-state index contributed by atoms with van der Waals surface area (Å²) in [6, 6.07) is 8.80. The highest BCUT2D eigenvalue weighted by molar-refractivity contribution is 7.89. The third kappa shape index (κ3) is 4.37. The van der Waals surface area contributed by atoms with Crippen molar-refractivity contribution in [3.8, 4) is 0 Å². The number of carbonyl (C=O) groups excluding carboxylic acids is 1. The van der Waals surface area contributed by atoms with Crippen molar-refractivity contribution in [1.29, 1.82) is 0 Å². The van der Waals surface area contributed by atoms with Crippen LogP contribution in [0.2, 0.25) is 0 Å². The summed E-state index contributed by atoms with van der Waals surface area (Å²) in [5.41, 5.74) is 1.32. The maximum atomic E-state index is 12.8. The lowest BCUT2D eigenvalue weighted by molar-refractivity contribution is -0.385. The molecule has 0 atom stereocenters. The number of carbonyl (C=O) groups is 1. The first kappa shape index (κ1) is 21.5. The second-order valence-electron chi connectivity index (χ2n) is 6.28. The molecular formula is C19H23N3O5S. The number of nitrogens with one attached hydrogen (secondary N) is 1. The number of aryl methyl sites for hydroxylation is 2. The Kier molecular flexibility index (Phi) is 6.52. The molecule has 1 amide bonds. The second kappa shape index (κ2) is 8.49. The highest BCUT2D eigenvalue weighted by atomic mass is 32.2. The average molecular weight is 405 g/mol. The van der Waals surface area contributed by atoms with Crippen LogP contribution in [0.15, 0.2) is 41.3 Å². The highest BCUT2D eigenvalue weighted by Gasteiger charge is 2.25. The van der Waals surface area contributed by atoms with Crippen molar-refractivity contribution in [3.63, 3.8) is 0 Å². The Labute approximate surface area is 164 Å². The van der Waals surface area contributed by atoms with E-state index in [1.54, 1.807) is 45.9 Å². The van der Waals surface area contributed by atoms with Crippen LogP contribution in [-0.4, -0.2) is 36.6 Å². The normalized spacial score (nSPS) is 11.5. The number of sulfonamides is 1. The van der Waals surface area contributed by atoms with Gasteiger partial charge in [-0.25, -0.2) is 8.42 Å². The van der Waals surface area contributed by atoms with Crippen molar-refractivity contribution in [2.45, 2.75) is 32.6 Å². The molecule has 0 aliphatic carbocycles. The smallest absolute Gasteiger partial charge is 0.274 e. The number of rotatable bonds is 7. The number of hydrogen-bond donors (Lipinski definition) is 1. The Morgan fingerprint density at radius 2 is 1.68 bits per heavy atom. The highest BCUT2D eigenvalue weighted by Crippen LogP contribution is 2.24. The lowest BCUT2D eigenvalue weighted by Gasteiger charge is -2.20. The molecule has 8 nitrogen and oxygen atoms in total. The van der Waals surface area contributed by atoms with Crippen molar-refractivity contribution in [1.82, 2.24) is 4.31 Å². The van der Waals surface area contributed by atoms with Gasteiger partial charge < -0.3 is 5.32 Å². The molecule has 0 aliphatic heterocycles. The van der Waals surface area contributed by atoms with Crippen molar-refractivity contribution in [2.24, 2.45) is 0 Å². The van der Waals surface area contributed by atoms with Crippen LogP contribution in [-0.2, 0) is 10.0 Å². The molecule has 0 aliphatic rings. The van der Waals surface area contributed by atoms with E-state index in [4.69, 9.17) is 0 Å². The van der Waals surface area contributed by atoms with Crippen LogP contribution in [0.3, 0.4) is 0 Å². The van der Waals surface area contributed by atoms with Crippen molar-refractivity contribution < 1.29 is 18.1 Å². The van der Waals surface area contributed by atoms with Gasteiger partial charge in [0.15, 0.2) is 0 Å². The summed E-state index contributed by atoms with van der Waals surface area (Å²) in [5.74, 6) is -0.547. The lowest BCUT2D eigenvalue weighted by atomic mass is 10.1. The van der Waals surface area contributed by atoms with E-state index in [0.29, 0.717) is 24.2 Å². The molecule has 150 valence electrons. The molecule has 2 aromatic rings. The Morgan fingerprint density at radius 3 is 2.25 bits per heavy atom. The molecule has 0 fully saturated rings. The van der Waals surface area contributed by atoms with Crippen LogP contribution in [0.5, 0.6) is 0 Å². The molecule has 0 saturated carbocycles. The maximum Gasteiger partial charge on any atom is 0.274 e. The largest absolute Gasteiger partial charge is 0.322 e. The monoisotopic (exact) mass is 405 g/mol. The zero-order valence-corrected chi connectivity index (χ0v) is 17.0. The first-order valence-corrected chi connectivity index (χ1v) is 10.2. The molecule has 0 spiro atoms. The zero-order valence-electron chi connectivity index (χ0n) is 16.2. The van der Waals surface area contributed by atoms with Crippen LogP contribution in [0.1, 0.15) is 35.3 Å². The fourth-order valence-corrected chi connectivity index (χ4v) is 4.52. The number of nitro groups is 1. The first-order valence-electron chi connectivity index (χ1n) is 8.79. The van der Waals surface area contributed by atoms with Gasteiger partial charge >= 0.3 is 0 Å². The van der Waals surface area contributed by atoms with Gasteiger partial charge in [-0.05, 0) is 37.6 Å². The predicted octanol–water partition coefficient (Wildman–Crippen LogP) is 3.49. The van der Waals surface area contributed by atoms with E-state index in [1.807, 2.05) is 0 Å². The van der Waals surface area contributed by atoms with Gasteiger partial charge in [-0.3, -0.25) is 14.9 Å². The Bertz CT molecular complexity index is 1010. The van der Waals surface area contributed by atoms with Gasteiger partial charge in [0.2, 0.25) is 10.0 Å². The summed E-state index contributed by atoms with van der Waals surface area (Å²) >= 11 is 0. The zero-order chi connectivity index (χ0) is 21.1. The van der Waals surface area contributed by atoms with Crippen LogP contribution in [0.25, 0.3) is 0 Å². The number of hydrogen-bond acceptors (Lipinski definition) is 5. The number of benzene rings is 2. The van der Waals surface area contributed by atoms with Crippen LogP contribution in [0, 0.1) is 24.0 Å². The fraction of sp³-hybridized carbons (Fsp3) is 0.316. The molecule has 0 radical (unpaired) electrons. The minimum atomic E-state index is -3.72. The Balaban J connectivity index is 2.38. The van der Waals surface area contributed by atoms with Crippen LogP contribution >= 0.6 is 0 Å². The summed E-state index contributed by atoms with van der Waals surface area (Å²) in [4.78, 5) is 23.2. The van der Waals surface area contributed by atoms with Gasteiger partial charge in [0, 0.05) is 36.0 Å². The minimum absolute atomic E-state index is 0.0683. The van der Waals surface area contributed by atoms with Crippen LogP contribution in [0.4, 0.5) is 11.4 Å². The quantitative estimate of drug-likeness (QED) is 0.560. The minimum Gasteiger partial charge on any atom is -0.322 e. The third-order valence-corrected chi connectivity index (χ3v) is 6.63. The van der Waals surface area contributed by atoms with Gasteiger partial charge in [-0.1, -0.05) is 26.0 Å². The molecule has 2 aromatic carbocycles. The van der Waals surface area contributed by atoms with E-state index in [9.17, 15) is 23.3 Å². The Hall–Kier alpha value is -2.78.